The molecule has 1 heterocycles. The third-order valence-corrected chi connectivity index (χ3v) is 1.89. The predicted octanol–water partition coefficient (Wildman–Crippen LogP) is 1.40. The SMILES string of the molecule is COC(=O)Cc1cc(C(F)(F)F)cnc1N. The van der Waals surface area contributed by atoms with Gasteiger partial charge in [0.25, 0.3) is 0 Å². The van der Waals surface area contributed by atoms with Crippen molar-refractivity contribution in [3.05, 3.63) is 23.4 Å². The molecule has 0 bridgehead atoms. The molecule has 88 valence electrons. The van der Waals surface area contributed by atoms with Crippen molar-refractivity contribution >= 4 is 11.8 Å². The van der Waals surface area contributed by atoms with Crippen LogP contribution in [0.4, 0.5) is 19.0 Å². The minimum absolute atomic E-state index is 0.00155. The van der Waals surface area contributed by atoms with Crippen LogP contribution in [0.5, 0.6) is 0 Å². The van der Waals surface area contributed by atoms with Crippen molar-refractivity contribution in [2.75, 3.05) is 12.8 Å². The summed E-state index contributed by atoms with van der Waals surface area (Å²) in [4.78, 5) is 14.3. The molecule has 0 aliphatic heterocycles. The summed E-state index contributed by atoms with van der Waals surface area (Å²) in [6.45, 7) is 0. The van der Waals surface area contributed by atoms with E-state index < -0.39 is 17.7 Å². The van der Waals surface area contributed by atoms with Gasteiger partial charge < -0.3 is 10.5 Å². The number of halogens is 3. The number of carbonyl (C=O) groups is 1. The van der Waals surface area contributed by atoms with Gasteiger partial charge in [0, 0.05) is 11.8 Å². The van der Waals surface area contributed by atoms with Gasteiger partial charge in [-0.25, -0.2) is 4.98 Å². The van der Waals surface area contributed by atoms with Crippen LogP contribution in [-0.4, -0.2) is 18.1 Å². The molecular weight excluding hydrogens is 225 g/mol. The smallest absolute Gasteiger partial charge is 0.417 e. The van der Waals surface area contributed by atoms with E-state index >= 15 is 0 Å². The first-order valence-electron chi connectivity index (χ1n) is 4.23. The Labute approximate surface area is 89.2 Å². The highest BCUT2D eigenvalue weighted by Gasteiger charge is 2.31. The van der Waals surface area contributed by atoms with Gasteiger partial charge in [0.15, 0.2) is 0 Å². The Morgan fingerprint density at radius 2 is 2.19 bits per heavy atom. The van der Waals surface area contributed by atoms with Gasteiger partial charge in [0.05, 0.1) is 19.1 Å². The summed E-state index contributed by atoms with van der Waals surface area (Å²) in [5, 5.41) is 0. The molecule has 7 heteroatoms. The molecule has 0 amide bonds. The zero-order valence-corrected chi connectivity index (χ0v) is 8.34. The maximum absolute atomic E-state index is 12.3. The van der Waals surface area contributed by atoms with Crippen LogP contribution >= 0.6 is 0 Å². The highest BCUT2D eigenvalue weighted by atomic mass is 19.4. The van der Waals surface area contributed by atoms with Crippen LogP contribution in [0.25, 0.3) is 0 Å². The lowest BCUT2D eigenvalue weighted by molar-refractivity contribution is -0.140. The number of ether oxygens (including phenoxy) is 1. The fraction of sp³-hybridized carbons (Fsp3) is 0.333. The topological polar surface area (TPSA) is 65.2 Å². The van der Waals surface area contributed by atoms with Crippen LogP contribution in [0.1, 0.15) is 11.1 Å². The predicted molar refractivity (Wildman–Crippen MR) is 49.4 cm³/mol. The van der Waals surface area contributed by atoms with Crippen molar-refractivity contribution in [1.82, 2.24) is 4.98 Å². The lowest BCUT2D eigenvalue weighted by Gasteiger charge is -2.09. The third-order valence-electron chi connectivity index (χ3n) is 1.89. The molecule has 0 aliphatic carbocycles. The number of nitrogens with two attached hydrogens (primary N) is 1. The number of alkyl halides is 3. The number of aromatic nitrogens is 1. The van der Waals surface area contributed by atoms with Crippen LogP contribution in [-0.2, 0) is 22.1 Å². The molecule has 0 saturated heterocycles. The first-order chi connectivity index (χ1) is 7.34. The van der Waals surface area contributed by atoms with Crippen molar-refractivity contribution < 1.29 is 22.7 Å². The number of nitrogen functional groups attached to an aromatic ring is 1. The molecule has 0 unspecified atom stereocenters. The van der Waals surface area contributed by atoms with Crippen molar-refractivity contribution in [3.63, 3.8) is 0 Å². The first-order valence-corrected chi connectivity index (χ1v) is 4.23. The molecule has 0 aromatic carbocycles. The summed E-state index contributed by atoms with van der Waals surface area (Å²) in [6.07, 6.45) is -4.22. The molecular formula is C9H9F3N2O2. The maximum Gasteiger partial charge on any atom is 0.417 e. The molecule has 0 aliphatic rings. The van der Waals surface area contributed by atoms with E-state index in [1.54, 1.807) is 0 Å². The molecule has 0 fully saturated rings. The van der Waals surface area contributed by atoms with Gasteiger partial charge >= 0.3 is 12.1 Å². The molecule has 1 aromatic heterocycles. The molecule has 4 nitrogen and oxygen atoms in total. The standard InChI is InChI=1S/C9H9F3N2O2/c1-16-7(15)3-5-2-6(9(10,11)12)4-14-8(5)13/h2,4H,3H2,1H3,(H2,13,14). The first kappa shape index (κ1) is 12.3. The highest BCUT2D eigenvalue weighted by molar-refractivity contribution is 5.74. The molecule has 1 aromatic rings. The van der Waals surface area contributed by atoms with Gasteiger partial charge in [0.1, 0.15) is 5.82 Å². The van der Waals surface area contributed by atoms with Crippen LogP contribution in [0.15, 0.2) is 12.3 Å². The average molecular weight is 234 g/mol. The Balaban J connectivity index is 3.04. The van der Waals surface area contributed by atoms with Crippen LogP contribution in [0.3, 0.4) is 0 Å². The second-order valence-electron chi connectivity index (χ2n) is 3.02. The monoisotopic (exact) mass is 234 g/mol. The Morgan fingerprint density at radius 1 is 1.56 bits per heavy atom. The van der Waals surface area contributed by atoms with Crippen molar-refractivity contribution in [3.8, 4) is 0 Å². The van der Waals surface area contributed by atoms with Crippen molar-refractivity contribution in [2.45, 2.75) is 12.6 Å². The van der Waals surface area contributed by atoms with E-state index in [1.165, 1.54) is 0 Å². The van der Waals surface area contributed by atoms with E-state index in [4.69, 9.17) is 5.73 Å². The van der Waals surface area contributed by atoms with E-state index in [1.807, 2.05) is 0 Å². The molecule has 2 N–H and O–H groups in total. The van der Waals surface area contributed by atoms with Crippen LogP contribution in [0.2, 0.25) is 0 Å². The highest BCUT2D eigenvalue weighted by Crippen LogP contribution is 2.30. The Hall–Kier alpha value is -1.79. The average Bonchev–Trinajstić information content (AvgIpc) is 2.19. The number of pyridine rings is 1. The van der Waals surface area contributed by atoms with Crippen molar-refractivity contribution in [1.29, 1.82) is 0 Å². The van der Waals surface area contributed by atoms with Gasteiger partial charge in [-0.15, -0.1) is 0 Å². The number of anilines is 1. The summed E-state index contributed by atoms with van der Waals surface area (Å²) < 4.78 is 41.3. The molecule has 0 saturated carbocycles. The lowest BCUT2D eigenvalue weighted by atomic mass is 10.1. The zero-order valence-electron chi connectivity index (χ0n) is 8.34. The summed E-state index contributed by atoms with van der Waals surface area (Å²) in [5.41, 5.74) is 4.41. The number of methoxy groups -OCH3 is 1. The van der Waals surface area contributed by atoms with E-state index in [0.29, 0.717) is 6.20 Å². The van der Waals surface area contributed by atoms with E-state index in [0.717, 1.165) is 13.2 Å². The fourth-order valence-corrected chi connectivity index (χ4v) is 1.05. The quantitative estimate of drug-likeness (QED) is 0.785. The van der Waals surface area contributed by atoms with Crippen molar-refractivity contribution in [2.24, 2.45) is 0 Å². The third kappa shape index (κ3) is 2.85. The summed E-state index contributed by atoms with van der Waals surface area (Å²) in [6, 6.07) is 0.791. The van der Waals surface area contributed by atoms with Crippen LogP contribution in [0, 0.1) is 0 Å². The van der Waals surface area contributed by atoms with Gasteiger partial charge in [0.2, 0.25) is 0 Å². The van der Waals surface area contributed by atoms with Crippen LogP contribution < -0.4 is 5.73 Å². The van der Waals surface area contributed by atoms with E-state index in [9.17, 15) is 18.0 Å². The second-order valence-corrected chi connectivity index (χ2v) is 3.02. The van der Waals surface area contributed by atoms with E-state index in [-0.39, 0.29) is 17.8 Å². The molecule has 16 heavy (non-hydrogen) atoms. The van der Waals surface area contributed by atoms with Gasteiger partial charge in [-0.2, -0.15) is 13.2 Å². The number of esters is 1. The summed E-state index contributed by atoms with van der Waals surface area (Å²) in [5.74, 6) is -0.786. The van der Waals surface area contributed by atoms with Gasteiger partial charge in [-0.1, -0.05) is 0 Å². The maximum atomic E-state index is 12.3. The Morgan fingerprint density at radius 3 is 2.69 bits per heavy atom. The number of carbonyl (C=O) groups excluding carboxylic acids is 1. The molecule has 0 atom stereocenters. The second kappa shape index (κ2) is 4.38. The Bertz CT molecular complexity index is 404. The van der Waals surface area contributed by atoms with Gasteiger partial charge in [-0.05, 0) is 6.07 Å². The zero-order chi connectivity index (χ0) is 12.3. The molecule has 0 spiro atoms. The lowest BCUT2D eigenvalue weighted by Crippen LogP contribution is -2.12. The number of hydrogen-bond acceptors (Lipinski definition) is 4. The molecule has 1 rings (SSSR count). The van der Waals surface area contributed by atoms with Gasteiger partial charge in [-0.3, -0.25) is 4.79 Å². The summed E-state index contributed by atoms with van der Waals surface area (Å²) in [7, 11) is 1.14. The Kier molecular flexibility index (Phi) is 3.36. The summed E-state index contributed by atoms with van der Waals surface area (Å²) >= 11 is 0. The molecule has 0 radical (unpaired) electrons. The number of hydrogen-bond donors (Lipinski definition) is 1. The largest absolute Gasteiger partial charge is 0.469 e. The number of nitrogens with zero attached hydrogens (tertiary/aromatic N) is 1. The minimum atomic E-state index is -4.51. The number of rotatable bonds is 2. The van der Waals surface area contributed by atoms with E-state index in [2.05, 4.69) is 9.72 Å². The normalized spacial score (nSPS) is 11.2. The fourth-order valence-electron chi connectivity index (χ4n) is 1.05. The minimum Gasteiger partial charge on any atom is -0.469 e.